The van der Waals surface area contributed by atoms with Gasteiger partial charge in [0.25, 0.3) is 5.91 Å². The lowest BCUT2D eigenvalue weighted by molar-refractivity contribution is -0.154. The van der Waals surface area contributed by atoms with Crippen LogP contribution in [-0.2, 0) is 6.54 Å². The van der Waals surface area contributed by atoms with Gasteiger partial charge in [0.05, 0.1) is 26.0 Å². The van der Waals surface area contributed by atoms with Gasteiger partial charge < -0.3 is 19.1 Å². The van der Waals surface area contributed by atoms with E-state index in [9.17, 15) is 18.0 Å². The number of hydrogen-bond acceptors (Lipinski definition) is 10. The van der Waals surface area contributed by atoms with Crippen molar-refractivity contribution in [2.24, 2.45) is 0 Å². The second-order valence-corrected chi connectivity index (χ2v) is 11.7. The minimum Gasteiger partial charge on any atom is -0.481 e. The second-order valence-electron chi connectivity index (χ2n) is 11.7. The molecule has 0 saturated carbocycles. The number of aromatic nitrogens is 4. The van der Waals surface area contributed by atoms with Gasteiger partial charge in [-0.25, -0.2) is 4.98 Å². The minimum absolute atomic E-state index is 0. The Hall–Kier alpha value is -4.24. The highest BCUT2D eigenvalue weighted by atomic mass is 35.5. The number of piperazine rings is 2. The Labute approximate surface area is 300 Å². The number of alkyl halides is 3. The predicted octanol–water partition coefficient (Wildman–Crippen LogP) is 4.91. The fraction of sp³-hybridized carbons (Fsp3) is 0.382. The zero-order valence-corrected chi connectivity index (χ0v) is 29.0. The molecule has 0 radical (unpaired) electrons. The van der Waals surface area contributed by atoms with E-state index in [4.69, 9.17) is 14.2 Å². The molecule has 2 saturated heterocycles. The summed E-state index contributed by atoms with van der Waals surface area (Å²) in [4.78, 5) is 36.6. The Morgan fingerprint density at radius 1 is 0.880 bits per heavy atom. The number of fused-ring (bicyclic) bond motifs is 1. The molecule has 4 aromatic rings. The van der Waals surface area contributed by atoms with Crippen LogP contribution in [0, 0.1) is 0 Å². The third-order valence-electron chi connectivity index (χ3n) is 8.68. The van der Waals surface area contributed by atoms with Crippen molar-refractivity contribution in [2.45, 2.75) is 30.7 Å². The molecular formula is C34H38Cl2F3N7O4. The highest BCUT2D eigenvalue weighted by molar-refractivity contribution is 5.92. The molecule has 0 N–H and O–H groups in total. The number of rotatable bonds is 10. The van der Waals surface area contributed by atoms with Gasteiger partial charge in [-0.05, 0) is 11.1 Å². The van der Waals surface area contributed by atoms with Crippen LogP contribution in [0.25, 0.3) is 0 Å². The van der Waals surface area contributed by atoms with Crippen LogP contribution in [0.2, 0.25) is 0 Å². The predicted molar refractivity (Wildman–Crippen MR) is 183 cm³/mol. The number of hydrogen-bond donors (Lipinski definition) is 0. The number of amides is 1. The molecule has 6 rings (SSSR count). The quantitative estimate of drug-likeness (QED) is 0.223. The molecule has 2 aromatic heterocycles. The van der Waals surface area contributed by atoms with Crippen molar-refractivity contribution in [2.75, 3.05) is 53.6 Å². The first-order valence-electron chi connectivity index (χ1n) is 15.6. The number of carbonyl (C=O) groups is 1. The summed E-state index contributed by atoms with van der Waals surface area (Å²) in [6.07, 6.45) is -0.104. The van der Waals surface area contributed by atoms with Crippen LogP contribution in [0.5, 0.6) is 17.8 Å². The number of halogens is 5. The Morgan fingerprint density at radius 3 is 2.12 bits per heavy atom. The maximum atomic E-state index is 13.5. The summed E-state index contributed by atoms with van der Waals surface area (Å²) in [5.41, 5.74) is 2.81. The van der Waals surface area contributed by atoms with E-state index in [1.54, 1.807) is 4.90 Å². The summed E-state index contributed by atoms with van der Waals surface area (Å²) in [5.74, 6) is -0.452. The lowest BCUT2D eigenvalue weighted by Gasteiger charge is -2.53. The van der Waals surface area contributed by atoms with Crippen LogP contribution in [0.1, 0.15) is 33.1 Å². The molecule has 2 aromatic carbocycles. The molecule has 268 valence electrons. The van der Waals surface area contributed by atoms with Crippen LogP contribution >= 0.6 is 24.8 Å². The molecule has 1 unspecified atom stereocenters. The molecular weight excluding hydrogens is 698 g/mol. The number of nitrogens with zero attached hydrogens (tertiary/aromatic N) is 7. The average Bonchev–Trinajstić information content (AvgIpc) is 3.11. The number of benzene rings is 2. The van der Waals surface area contributed by atoms with Crippen molar-refractivity contribution in [3.8, 4) is 17.8 Å². The van der Waals surface area contributed by atoms with Crippen LogP contribution in [0.4, 0.5) is 13.2 Å². The number of methoxy groups -OCH3 is 2. The molecule has 2 fully saturated rings. The van der Waals surface area contributed by atoms with Crippen molar-refractivity contribution in [1.82, 2.24) is 34.6 Å². The molecule has 0 aliphatic carbocycles. The van der Waals surface area contributed by atoms with Gasteiger partial charge in [-0.3, -0.25) is 19.6 Å². The average molecular weight is 737 g/mol. The monoisotopic (exact) mass is 735 g/mol. The van der Waals surface area contributed by atoms with Crippen molar-refractivity contribution in [1.29, 1.82) is 0 Å². The Bertz CT molecular complexity index is 1640. The summed E-state index contributed by atoms with van der Waals surface area (Å²) < 4.78 is 55.7. The maximum Gasteiger partial charge on any atom is 0.422 e. The molecule has 2 aliphatic rings. The maximum absolute atomic E-state index is 13.5. The van der Waals surface area contributed by atoms with Gasteiger partial charge in [0, 0.05) is 69.7 Å². The van der Waals surface area contributed by atoms with E-state index >= 15 is 0 Å². The van der Waals surface area contributed by atoms with E-state index in [1.807, 2.05) is 36.4 Å². The Kier molecular flexibility index (Phi) is 13.2. The lowest BCUT2D eigenvalue weighted by Crippen LogP contribution is -2.67. The largest absolute Gasteiger partial charge is 0.481 e. The standard InChI is InChI=1S/C34H36F3N7O4.2ClH/c1-46-30-26(31(41-33(40-30)47-2)48-22-34(35,36)37)20-42-18-25-19-43(32(45)27-17-38-13-14-39-27)15-16-44(25)28(21-42)29(23-9-5-3-6-10-23)24-11-7-4-8-12-24;;/h3-14,17,25,28-29H,15-16,18-22H2,1-2H3;2*1H/t25-,28?;;/m1../s1. The van der Waals surface area contributed by atoms with E-state index in [0.29, 0.717) is 32.7 Å². The fourth-order valence-corrected chi connectivity index (χ4v) is 6.66. The summed E-state index contributed by atoms with van der Waals surface area (Å²) in [6.45, 7) is 1.21. The molecule has 16 heteroatoms. The van der Waals surface area contributed by atoms with Crippen molar-refractivity contribution < 1.29 is 32.2 Å². The fourth-order valence-electron chi connectivity index (χ4n) is 6.66. The van der Waals surface area contributed by atoms with Crippen molar-refractivity contribution in [3.05, 3.63) is 102 Å². The SMILES string of the molecule is COc1nc(OC)c(CN2CC(C(c3ccccc3)c3ccccc3)N3CCN(C(=O)c4cnccn4)C[C@H]3C2)c(OCC(F)(F)F)n1.Cl.Cl. The van der Waals surface area contributed by atoms with Gasteiger partial charge in [-0.1, -0.05) is 60.7 Å². The molecule has 2 atom stereocenters. The van der Waals surface area contributed by atoms with Crippen LogP contribution in [0.3, 0.4) is 0 Å². The first-order chi connectivity index (χ1) is 23.2. The Morgan fingerprint density at radius 2 is 1.54 bits per heavy atom. The van der Waals surface area contributed by atoms with Crippen LogP contribution in [-0.4, -0.2) is 112 Å². The summed E-state index contributed by atoms with van der Waals surface area (Å²) in [6, 6.07) is 20.1. The first kappa shape index (κ1) is 38.6. The lowest BCUT2D eigenvalue weighted by atomic mass is 9.81. The van der Waals surface area contributed by atoms with Gasteiger partial charge >= 0.3 is 12.2 Å². The topological polar surface area (TPSA) is 106 Å². The second kappa shape index (κ2) is 17.1. The zero-order chi connectivity index (χ0) is 33.7. The number of ether oxygens (including phenoxy) is 3. The zero-order valence-electron chi connectivity index (χ0n) is 27.4. The van der Waals surface area contributed by atoms with Crippen LogP contribution in [0.15, 0.2) is 79.3 Å². The summed E-state index contributed by atoms with van der Waals surface area (Å²) >= 11 is 0. The Balaban J connectivity index is 0.00000281. The molecule has 2 aliphatic heterocycles. The molecule has 11 nitrogen and oxygen atoms in total. The van der Waals surface area contributed by atoms with E-state index in [1.165, 1.54) is 32.8 Å². The van der Waals surface area contributed by atoms with E-state index in [0.717, 1.165) is 11.1 Å². The minimum atomic E-state index is -4.58. The molecule has 0 spiro atoms. The van der Waals surface area contributed by atoms with E-state index < -0.39 is 12.8 Å². The van der Waals surface area contributed by atoms with Gasteiger partial charge in [0.2, 0.25) is 11.8 Å². The molecule has 50 heavy (non-hydrogen) atoms. The third-order valence-corrected chi connectivity index (χ3v) is 8.68. The normalized spacial score (nSPS) is 18.0. The summed E-state index contributed by atoms with van der Waals surface area (Å²) in [5, 5.41) is 0. The van der Waals surface area contributed by atoms with E-state index in [-0.39, 0.29) is 84.3 Å². The molecule has 4 heterocycles. The van der Waals surface area contributed by atoms with Gasteiger partial charge in [0.1, 0.15) is 5.69 Å². The van der Waals surface area contributed by atoms with Gasteiger partial charge in [-0.2, -0.15) is 23.1 Å². The van der Waals surface area contributed by atoms with Crippen LogP contribution < -0.4 is 14.2 Å². The van der Waals surface area contributed by atoms with Crippen molar-refractivity contribution >= 4 is 30.7 Å². The highest BCUT2D eigenvalue weighted by Gasteiger charge is 2.44. The highest BCUT2D eigenvalue weighted by Crippen LogP contribution is 2.38. The van der Waals surface area contributed by atoms with Crippen molar-refractivity contribution in [3.63, 3.8) is 0 Å². The first-order valence-corrected chi connectivity index (χ1v) is 15.6. The number of carbonyl (C=O) groups excluding carboxylic acids is 1. The van der Waals surface area contributed by atoms with Gasteiger partial charge in [-0.15, -0.1) is 24.8 Å². The molecule has 0 bridgehead atoms. The smallest absolute Gasteiger partial charge is 0.422 e. The molecule has 1 amide bonds. The summed E-state index contributed by atoms with van der Waals surface area (Å²) in [7, 11) is 2.70. The van der Waals surface area contributed by atoms with Gasteiger partial charge in [0.15, 0.2) is 6.61 Å². The third kappa shape index (κ3) is 8.91. The van der Waals surface area contributed by atoms with E-state index in [2.05, 4.69) is 54.0 Å².